The molecule has 2 aromatic rings. The molecule has 0 bridgehead atoms. The third-order valence-corrected chi connectivity index (χ3v) is 7.43. The lowest BCUT2D eigenvalue weighted by Gasteiger charge is -2.25. The van der Waals surface area contributed by atoms with Gasteiger partial charge in [-0.2, -0.15) is 13.2 Å². The third-order valence-electron chi connectivity index (χ3n) is 6.55. The monoisotopic (exact) mass is 754 g/mol. The molecule has 278 valence electrons. The van der Waals surface area contributed by atoms with E-state index in [1.54, 1.807) is 59.3 Å². The van der Waals surface area contributed by atoms with Crippen molar-refractivity contribution in [1.82, 2.24) is 25.8 Å². The number of halogens is 5. The first-order valence-electron chi connectivity index (χ1n) is 14.7. The minimum atomic E-state index is -6.09. The van der Waals surface area contributed by atoms with Gasteiger partial charge in [-0.25, -0.2) is 12.8 Å². The van der Waals surface area contributed by atoms with Crippen molar-refractivity contribution in [2.75, 3.05) is 34.2 Å². The molecule has 2 rings (SSSR count). The summed E-state index contributed by atoms with van der Waals surface area (Å²) in [6.45, 7) is 2.98. The predicted molar refractivity (Wildman–Crippen MR) is 175 cm³/mol. The number of primary amides is 1. The number of carbonyl (C=O) groups excluding carboxylic acids is 5. The quantitative estimate of drug-likeness (QED) is 0.0819. The normalized spacial score (nSPS) is 12.9. The number of hydrogen-bond acceptors (Lipinski definition) is 8. The summed E-state index contributed by atoms with van der Waals surface area (Å²) in [4.78, 5) is 62.2. The lowest BCUT2D eigenvalue weighted by molar-refractivity contribution is -0.130. The Labute approximate surface area is 291 Å². The van der Waals surface area contributed by atoms with Gasteiger partial charge in [-0.3, -0.25) is 28.5 Å². The number of alkyl halides is 3. The van der Waals surface area contributed by atoms with E-state index >= 15 is 0 Å². The van der Waals surface area contributed by atoms with Gasteiger partial charge in [0.15, 0.2) is 21.6 Å². The molecule has 0 aliphatic carbocycles. The summed E-state index contributed by atoms with van der Waals surface area (Å²) in [7, 11) is -0.810. The summed E-state index contributed by atoms with van der Waals surface area (Å²) in [5.74, 6) is -4.05. The molecule has 0 aliphatic heterocycles. The highest BCUT2D eigenvalue weighted by Gasteiger charge is 2.37. The molecule has 0 saturated carbocycles. The maximum atomic E-state index is 14.7. The Kier molecular flexibility index (Phi) is 16.3. The van der Waals surface area contributed by atoms with Crippen LogP contribution in [0.15, 0.2) is 42.5 Å². The van der Waals surface area contributed by atoms with E-state index in [0.717, 1.165) is 11.6 Å². The molecule has 2 aromatic carbocycles. The van der Waals surface area contributed by atoms with Crippen molar-refractivity contribution < 1.29 is 54.5 Å². The smallest absolute Gasteiger partial charge is 0.485 e. The van der Waals surface area contributed by atoms with Crippen LogP contribution in [0.3, 0.4) is 0 Å². The SMILES string of the molecule is CC(C)[C@H](NC(=O)c1cc(F)c([N+](C)(C)C)cc1Cl)C(=O)NCCC(=O)N[C@@H](Cc1ccccc1)C(=O)NCC(N)=O.O=S(=O)([O-])C(F)(F)F. The van der Waals surface area contributed by atoms with Crippen molar-refractivity contribution in [3.8, 4) is 0 Å². The fourth-order valence-electron chi connectivity index (χ4n) is 4.01. The maximum Gasteiger partial charge on any atom is 0.485 e. The van der Waals surface area contributed by atoms with E-state index in [1.807, 2.05) is 6.07 Å². The van der Waals surface area contributed by atoms with Crippen LogP contribution in [0.5, 0.6) is 0 Å². The second-order valence-corrected chi connectivity index (χ2v) is 13.7. The van der Waals surface area contributed by atoms with Crippen LogP contribution in [0.25, 0.3) is 0 Å². The van der Waals surface area contributed by atoms with E-state index in [1.165, 1.54) is 6.07 Å². The molecular weight excluding hydrogens is 716 g/mol. The minimum Gasteiger partial charge on any atom is -0.741 e. The first kappa shape index (κ1) is 43.7. The molecule has 0 heterocycles. The average Bonchev–Trinajstić information content (AvgIpc) is 2.98. The predicted octanol–water partition coefficient (Wildman–Crippen LogP) is 1.32. The van der Waals surface area contributed by atoms with Gasteiger partial charge >= 0.3 is 5.51 Å². The van der Waals surface area contributed by atoms with E-state index in [4.69, 9.17) is 30.3 Å². The zero-order valence-corrected chi connectivity index (χ0v) is 29.3. The number of rotatable bonds is 14. The highest BCUT2D eigenvalue weighted by molar-refractivity contribution is 7.86. The van der Waals surface area contributed by atoms with E-state index in [0.29, 0.717) is 5.69 Å². The van der Waals surface area contributed by atoms with E-state index in [-0.39, 0.29) is 46.9 Å². The Balaban J connectivity index is 0.00000139. The number of quaternary nitrogens is 1. The molecule has 0 spiro atoms. The molecule has 0 fully saturated rings. The second kappa shape index (κ2) is 18.6. The summed E-state index contributed by atoms with van der Waals surface area (Å²) in [5.41, 5.74) is 0.428. The number of hydrogen-bond donors (Lipinski definition) is 5. The zero-order valence-electron chi connectivity index (χ0n) is 27.7. The molecule has 0 radical (unpaired) electrons. The number of nitrogens with one attached hydrogen (secondary N) is 4. The highest BCUT2D eigenvalue weighted by atomic mass is 35.5. The van der Waals surface area contributed by atoms with Gasteiger partial charge in [-0.15, -0.1) is 0 Å². The first-order valence-corrected chi connectivity index (χ1v) is 16.4. The minimum absolute atomic E-state index is 0.0430. The van der Waals surface area contributed by atoms with E-state index in [9.17, 15) is 41.5 Å². The summed E-state index contributed by atoms with van der Waals surface area (Å²) in [6.07, 6.45) is 0.00629. The van der Waals surface area contributed by atoms with Crippen LogP contribution in [0.4, 0.5) is 23.2 Å². The molecule has 20 heteroatoms. The van der Waals surface area contributed by atoms with Crippen molar-refractivity contribution in [2.45, 2.75) is 44.3 Å². The molecular formula is C30H39ClF4N6O8S. The Morgan fingerprint density at radius 2 is 1.52 bits per heavy atom. The molecule has 0 unspecified atom stereocenters. The topological polar surface area (TPSA) is 217 Å². The molecule has 50 heavy (non-hydrogen) atoms. The van der Waals surface area contributed by atoms with Gasteiger partial charge < -0.3 is 31.6 Å². The van der Waals surface area contributed by atoms with Crippen LogP contribution < -0.4 is 31.5 Å². The average molecular weight is 755 g/mol. The van der Waals surface area contributed by atoms with E-state index < -0.39 is 63.1 Å². The maximum absolute atomic E-state index is 14.7. The van der Waals surface area contributed by atoms with Gasteiger partial charge in [-0.05, 0) is 17.5 Å². The number of nitrogens with zero attached hydrogens (tertiary/aromatic N) is 1. The first-order chi connectivity index (χ1) is 22.8. The summed E-state index contributed by atoms with van der Waals surface area (Å²) >= 11 is 6.28. The Bertz CT molecular complexity index is 1640. The molecule has 14 nitrogen and oxygen atoms in total. The van der Waals surface area contributed by atoms with Gasteiger partial charge in [0.1, 0.15) is 12.1 Å². The van der Waals surface area contributed by atoms with E-state index in [2.05, 4.69) is 21.3 Å². The van der Waals surface area contributed by atoms with Gasteiger partial charge in [0.2, 0.25) is 23.6 Å². The van der Waals surface area contributed by atoms with Gasteiger partial charge in [-0.1, -0.05) is 55.8 Å². The number of carbonyl (C=O) groups is 5. The van der Waals surface area contributed by atoms with Crippen molar-refractivity contribution in [3.05, 3.63) is 64.4 Å². The van der Waals surface area contributed by atoms with Gasteiger partial charge in [0, 0.05) is 25.5 Å². The number of benzene rings is 2. The third kappa shape index (κ3) is 14.7. The van der Waals surface area contributed by atoms with Crippen molar-refractivity contribution in [1.29, 1.82) is 0 Å². The summed E-state index contributed by atoms with van der Waals surface area (Å²) in [6, 6.07) is 9.43. The highest BCUT2D eigenvalue weighted by Crippen LogP contribution is 2.29. The molecule has 0 saturated heterocycles. The largest absolute Gasteiger partial charge is 0.741 e. The lowest BCUT2D eigenvalue weighted by atomic mass is 10.0. The lowest BCUT2D eigenvalue weighted by Crippen LogP contribution is -2.51. The molecule has 6 N–H and O–H groups in total. The number of amides is 5. The fraction of sp³-hybridized carbons (Fsp3) is 0.433. The van der Waals surface area contributed by atoms with Crippen LogP contribution in [0.2, 0.25) is 5.02 Å². The second-order valence-electron chi connectivity index (χ2n) is 11.9. The van der Waals surface area contributed by atoms with Crippen molar-refractivity contribution >= 4 is 56.9 Å². The standard InChI is InChI=1S/C29H38ClFN6O5.CHF3O3S/c1-17(2)26(36-27(40)19-14-21(31)23(15-20(19)30)37(3,4)5)29(42)33-12-11-25(39)35-22(28(41)34-16-24(32)38)13-18-9-7-6-8-10-18;2-1(3,4)8(5,6)7/h6-10,14-15,17,22,26H,11-13,16H2,1-5H3,(H5-,32,33,34,35,36,38,39,40,41,42);(H,5,6,7)/t22-,26-;/m0./s1. The van der Waals surface area contributed by atoms with Crippen LogP contribution in [-0.4, -0.2) is 94.3 Å². The van der Waals surface area contributed by atoms with Gasteiger partial charge in [0.05, 0.1) is 38.3 Å². The fourth-order valence-corrected chi connectivity index (χ4v) is 4.25. The Morgan fingerprint density at radius 1 is 0.960 bits per heavy atom. The van der Waals surface area contributed by atoms with Crippen molar-refractivity contribution in [3.63, 3.8) is 0 Å². The van der Waals surface area contributed by atoms with Gasteiger partial charge in [0.25, 0.3) is 5.91 Å². The van der Waals surface area contributed by atoms with Crippen LogP contribution in [0.1, 0.15) is 36.2 Å². The molecule has 0 aromatic heterocycles. The zero-order chi connectivity index (χ0) is 38.6. The number of nitrogens with two attached hydrogens (primary N) is 1. The molecule has 2 atom stereocenters. The molecule has 0 aliphatic rings. The molecule has 5 amide bonds. The van der Waals surface area contributed by atoms with Crippen LogP contribution in [-0.2, 0) is 35.7 Å². The van der Waals surface area contributed by atoms with Crippen LogP contribution in [0, 0.1) is 11.7 Å². The van der Waals surface area contributed by atoms with Crippen LogP contribution >= 0.6 is 11.6 Å². The summed E-state index contributed by atoms with van der Waals surface area (Å²) in [5, 5.41) is 10.3. The Morgan fingerprint density at radius 3 is 2.00 bits per heavy atom. The summed E-state index contributed by atoms with van der Waals surface area (Å²) < 4.78 is 73.8. The Hall–Kier alpha value is -4.33. The van der Waals surface area contributed by atoms with Crippen molar-refractivity contribution in [2.24, 2.45) is 11.7 Å².